The summed E-state index contributed by atoms with van der Waals surface area (Å²) in [7, 11) is 6.68. The molecular weight excluding hydrogens is 530 g/mol. The summed E-state index contributed by atoms with van der Waals surface area (Å²) in [6, 6.07) is 7.12. The lowest BCUT2D eigenvalue weighted by Crippen LogP contribution is -2.65. The van der Waals surface area contributed by atoms with Gasteiger partial charge in [0.2, 0.25) is 5.78 Å². The maximum absolute atomic E-state index is 14.1. The number of anilines is 1. The van der Waals surface area contributed by atoms with Crippen molar-refractivity contribution < 1.29 is 39.6 Å². The number of primary amides is 1. The van der Waals surface area contributed by atoms with E-state index in [2.05, 4.69) is 0 Å². The lowest BCUT2D eigenvalue weighted by molar-refractivity contribution is -0.153. The highest BCUT2D eigenvalue weighted by Crippen LogP contribution is 2.54. The molecule has 1 fully saturated rings. The van der Waals surface area contributed by atoms with Gasteiger partial charge in [-0.15, -0.1) is 0 Å². The monoisotopic (exact) mass is 561 g/mol. The van der Waals surface area contributed by atoms with Crippen LogP contribution in [0.25, 0.3) is 16.9 Å². The summed E-state index contributed by atoms with van der Waals surface area (Å²) in [6.07, 6.45) is 0.844. The number of carbonyl (C=O) groups is 4. The highest BCUT2D eigenvalue weighted by molar-refractivity contribution is 6.24. The van der Waals surface area contributed by atoms with Gasteiger partial charge in [0.1, 0.15) is 29.1 Å². The average molecular weight is 562 g/mol. The Labute approximate surface area is 235 Å². The fraction of sp³-hybridized carbons (Fsp3) is 0.333. The lowest BCUT2D eigenvalue weighted by Gasteiger charge is -2.50. The number of likely N-dealkylation sites (N-methyl/N-ethyl adjacent to an activating group) is 1. The smallest absolute Gasteiger partial charge is 0.255 e. The molecule has 5 rings (SSSR count). The van der Waals surface area contributed by atoms with Gasteiger partial charge in [-0.3, -0.25) is 24.1 Å². The zero-order valence-electron chi connectivity index (χ0n) is 23.0. The third-order valence-corrected chi connectivity index (χ3v) is 8.51. The number of Topliss-reactive ketones (excluding diaryl/α,β-unsaturated/α-hetero) is 2. The van der Waals surface area contributed by atoms with Gasteiger partial charge in [0.25, 0.3) is 5.91 Å². The van der Waals surface area contributed by atoms with Gasteiger partial charge < -0.3 is 31.1 Å². The summed E-state index contributed by atoms with van der Waals surface area (Å²) in [6.45, 7) is 0. The number of aliphatic hydroxyl groups excluding tert-OH is 2. The number of aldehydes is 1. The van der Waals surface area contributed by atoms with Crippen LogP contribution in [-0.2, 0) is 20.8 Å². The first-order chi connectivity index (χ1) is 19.2. The van der Waals surface area contributed by atoms with Gasteiger partial charge in [0.15, 0.2) is 11.4 Å². The van der Waals surface area contributed by atoms with Crippen molar-refractivity contribution in [2.45, 2.75) is 24.5 Å². The Kier molecular flexibility index (Phi) is 6.55. The number of carbonyl (C=O) groups excluding carboxylic acids is 4. The summed E-state index contributed by atoms with van der Waals surface area (Å²) in [4.78, 5) is 54.1. The van der Waals surface area contributed by atoms with Crippen LogP contribution >= 0.6 is 0 Å². The highest BCUT2D eigenvalue weighted by atomic mass is 16.3. The van der Waals surface area contributed by atoms with Gasteiger partial charge >= 0.3 is 0 Å². The Morgan fingerprint density at radius 2 is 1.78 bits per heavy atom. The Bertz CT molecular complexity index is 1600. The second-order valence-corrected chi connectivity index (χ2v) is 11.2. The van der Waals surface area contributed by atoms with Crippen molar-refractivity contribution in [1.29, 1.82) is 0 Å². The number of nitrogens with zero attached hydrogens (tertiary/aromatic N) is 2. The van der Waals surface area contributed by atoms with E-state index < -0.39 is 58.0 Å². The van der Waals surface area contributed by atoms with Crippen LogP contribution < -0.4 is 10.6 Å². The number of hydrogen-bond donors (Lipinski definition) is 5. The Morgan fingerprint density at radius 3 is 2.37 bits per heavy atom. The summed E-state index contributed by atoms with van der Waals surface area (Å²) < 4.78 is 0. The molecule has 2 aromatic rings. The van der Waals surface area contributed by atoms with Crippen molar-refractivity contribution in [1.82, 2.24) is 4.90 Å². The number of fused-ring (bicyclic) bond motifs is 3. The molecule has 0 aliphatic heterocycles. The van der Waals surface area contributed by atoms with Crippen LogP contribution in [0.2, 0.25) is 0 Å². The topological polar surface area (TPSA) is 182 Å². The molecule has 6 N–H and O–H groups in total. The van der Waals surface area contributed by atoms with Crippen molar-refractivity contribution in [3.63, 3.8) is 0 Å². The molecule has 0 bridgehead atoms. The van der Waals surface area contributed by atoms with Gasteiger partial charge in [0.05, 0.1) is 11.6 Å². The minimum atomic E-state index is -2.71. The van der Waals surface area contributed by atoms with Gasteiger partial charge in [-0.05, 0) is 56.1 Å². The molecule has 0 spiro atoms. The number of nitrogens with two attached hydrogens (primary N) is 1. The van der Waals surface area contributed by atoms with E-state index in [4.69, 9.17) is 5.73 Å². The molecule has 214 valence electrons. The van der Waals surface area contributed by atoms with E-state index in [0.717, 1.165) is 0 Å². The molecule has 0 heterocycles. The molecule has 11 heteroatoms. The molecule has 0 saturated heterocycles. The quantitative estimate of drug-likeness (QED) is 0.265. The van der Waals surface area contributed by atoms with E-state index in [1.807, 2.05) is 0 Å². The molecule has 0 aromatic heterocycles. The van der Waals surface area contributed by atoms with Crippen LogP contribution in [0.3, 0.4) is 0 Å². The minimum absolute atomic E-state index is 0.00250. The van der Waals surface area contributed by atoms with Gasteiger partial charge in [-0.2, -0.15) is 0 Å². The predicted molar refractivity (Wildman–Crippen MR) is 149 cm³/mol. The second kappa shape index (κ2) is 9.57. The van der Waals surface area contributed by atoms with Crippen LogP contribution in [-0.4, -0.2) is 88.9 Å². The van der Waals surface area contributed by atoms with E-state index in [1.54, 1.807) is 63.4 Å². The first-order valence-electron chi connectivity index (χ1n) is 13.0. The van der Waals surface area contributed by atoms with Crippen LogP contribution in [0, 0.1) is 11.8 Å². The molecule has 2 aromatic carbocycles. The average Bonchev–Trinajstić information content (AvgIpc) is 2.90. The third-order valence-electron chi connectivity index (χ3n) is 8.51. The zero-order valence-corrected chi connectivity index (χ0v) is 23.0. The van der Waals surface area contributed by atoms with E-state index in [1.165, 1.54) is 4.90 Å². The number of phenols is 1. The Hall–Kier alpha value is -4.48. The number of rotatable bonds is 5. The van der Waals surface area contributed by atoms with E-state index in [-0.39, 0.29) is 29.7 Å². The number of ketones is 2. The van der Waals surface area contributed by atoms with Crippen molar-refractivity contribution in [3.8, 4) is 16.9 Å². The van der Waals surface area contributed by atoms with Gasteiger partial charge in [0, 0.05) is 42.4 Å². The predicted octanol–water partition coefficient (Wildman–Crippen LogP) is 1.51. The van der Waals surface area contributed by atoms with E-state index >= 15 is 0 Å². The molecule has 3 aliphatic rings. The number of benzene rings is 2. The van der Waals surface area contributed by atoms with E-state index in [9.17, 15) is 39.6 Å². The van der Waals surface area contributed by atoms with Crippen molar-refractivity contribution >= 4 is 35.2 Å². The van der Waals surface area contributed by atoms with Crippen LogP contribution in [0.15, 0.2) is 47.2 Å². The first kappa shape index (κ1) is 28.1. The molecule has 4 atom stereocenters. The summed E-state index contributed by atoms with van der Waals surface area (Å²) in [5, 5.41) is 45.9. The molecule has 41 heavy (non-hydrogen) atoms. The number of aliphatic hydroxyl groups is 3. The molecule has 1 amide bonds. The maximum atomic E-state index is 14.1. The molecule has 1 saturated carbocycles. The molecule has 0 radical (unpaired) electrons. The maximum Gasteiger partial charge on any atom is 0.255 e. The summed E-state index contributed by atoms with van der Waals surface area (Å²) in [5.41, 5.74) is 3.94. The number of hydrogen-bond acceptors (Lipinski definition) is 10. The fourth-order valence-electron chi connectivity index (χ4n) is 6.69. The summed E-state index contributed by atoms with van der Waals surface area (Å²) >= 11 is 0. The SMILES string of the molecule is CN(C)c1cc(-c2cccc(C=O)c2)c(O)c2c1CC1CC3C(N(C)C)C(=O)C(C(N)=O)=C(O)C3(O)C(=O)C1=C2O. The third kappa shape index (κ3) is 3.87. The van der Waals surface area contributed by atoms with Gasteiger partial charge in [-0.1, -0.05) is 18.2 Å². The molecule has 3 aliphatic carbocycles. The lowest BCUT2D eigenvalue weighted by atomic mass is 9.57. The van der Waals surface area contributed by atoms with Crippen molar-refractivity contribution in [2.24, 2.45) is 17.6 Å². The van der Waals surface area contributed by atoms with Crippen LogP contribution in [0.5, 0.6) is 5.75 Å². The van der Waals surface area contributed by atoms with E-state index in [0.29, 0.717) is 34.2 Å². The zero-order chi connectivity index (χ0) is 30.1. The number of phenolic OH excluding ortho intramolecular Hbond substituents is 1. The van der Waals surface area contributed by atoms with Crippen molar-refractivity contribution in [3.05, 3.63) is 63.9 Å². The fourth-order valence-corrected chi connectivity index (χ4v) is 6.69. The molecular formula is C30H31N3O8. The van der Waals surface area contributed by atoms with Crippen LogP contribution in [0.1, 0.15) is 27.9 Å². The van der Waals surface area contributed by atoms with Crippen LogP contribution in [0.4, 0.5) is 5.69 Å². The summed E-state index contributed by atoms with van der Waals surface area (Å²) in [5.74, 6) is -7.03. The normalized spacial score (nSPS) is 25.6. The molecule has 4 unspecified atom stereocenters. The minimum Gasteiger partial charge on any atom is -0.508 e. The standard InChI is InChI=1S/C30H31N3O8/c1-32(2)19-11-16(14-7-5-6-13(8-14)12-34)24(35)21-17(19)9-15-10-18-23(33(3)4)26(37)22(29(31)40)28(39)30(18,41)27(38)20(15)25(21)36/h5-8,11-12,15,18,23,35-36,39,41H,9-10H2,1-4H3,(H2,31,40). The Balaban J connectivity index is 1.78. The molecule has 11 nitrogen and oxygen atoms in total. The number of amides is 1. The van der Waals surface area contributed by atoms with Gasteiger partial charge in [-0.25, -0.2) is 0 Å². The first-order valence-corrected chi connectivity index (χ1v) is 13.0. The highest BCUT2D eigenvalue weighted by Gasteiger charge is 2.64. The van der Waals surface area contributed by atoms with Crippen molar-refractivity contribution in [2.75, 3.05) is 33.1 Å². The largest absolute Gasteiger partial charge is 0.508 e. The second-order valence-electron chi connectivity index (χ2n) is 11.2. The number of aromatic hydroxyl groups is 1. The Morgan fingerprint density at radius 1 is 1.10 bits per heavy atom.